The van der Waals surface area contributed by atoms with Crippen molar-refractivity contribution in [3.05, 3.63) is 18.0 Å². The minimum atomic E-state index is -0.0755. The van der Waals surface area contributed by atoms with Crippen molar-refractivity contribution in [3.8, 4) is 0 Å². The predicted octanol–water partition coefficient (Wildman–Crippen LogP) is 3.20. The molecule has 1 aromatic heterocycles. The van der Waals surface area contributed by atoms with Gasteiger partial charge in [0.05, 0.1) is 19.3 Å². The second-order valence-corrected chi connectivity index (χ2v) is 8.25. The van der Waals surface area contributed by atoms with Crippen LogP contribution < -0.4 is 5.32 Å². The van der Waals surface area contributed by atoms with Gasteiger partial charge in [0, 0.05) is 31.4 Å². The van der Waals surface area contributed by atoms with Crippen molar-refractivity contribution in [3.63, 3.8) is 0 Å². The summed E-state index contributed by atoms with van der Waals surface area (Å²) in [6, 6.07) is 0.0413. The first kappa shape index (κ1) is 18.2. The summed E-state index contributed by atoms with van der Waals surface area (Å²) >= 11 is 0. The van der Waals surface area contributed by atoms with Crippen LogP contribution >= 0.6 is 0 Å². The Morgan fingerprint density at radius 2 is 2.32 bits per heavy atom. The molecule has 6 nitrogen and oxygen atoms in total. The van der Waals surface area contributed by atoms with Crippen LogP contribution in [0.4, 0.5) is 4.79 Å². The summed E-state index contributed by atoms with van der Waals surface area (Å²) in [4.78, 5) is 14.5. The summed E-state index contributed by atoms with van der Waals surface area (Å²) in [5.74, 6) is 0.604. The number of carbonyl (C=O) groups excluding carboxylic acids is 1. The fourth-order valence-corrected chi connectivity index (χ4v) is 4.13. The molecule has 25 heavy (non-hydrogen) atoms. The van der Waals surface area contributed by atoms with Crippen LogP contribution in [0.1, 0.15) is 58.1 Å². The Hall–Kier alpha value is -1.56. The molecule has 2 fully saturated rings. The molecule has 2 heterocycles. The highest BCUT2D eigenvalue weighted by Gasteiger charge is 2.30. The van der Waals surface area contributed by atoms with Crippen molar-refractivity contribution in [2.24, 2.45) is 11.3 Å². The number of hydrogen-bond donors (Lipinski definition) is 1. The summed E-state index contributed by atoms with van der Waals surface area (Å²) < 4.78 is 7.74. The fraction of sp³-hybridized carbons (Fsp3) is 0.789. The number of aryl methyl sites for hydroxylation is 1. The number of urea groups is 1. The van der Waals surface area contributed by atoms with Gasteiger partial charge in [-0.3, -0.25) is 4.68 Å². The normalized spacial score (nSPS) is 26.4. The van der Waals surface area contributed by atoms with E-state index >= 15 is 0 Å². The van der Waals surface area contributed by atoms with Crippen LogP contribution in [0.15, 0.2) is 12.4 Å². The van der Waals surface area contributed by atoms with E-state index in [2.05, 4.69) is 31.2 Å². The minimum absolute atomic E-state index is 0.0413. The van der Waals surface area contributed by atoms with E-state index in [1.807, 2.05) is 22.0 Å². The number of aromatic nitrogens is 2. The number of amides is 2. The highest BCUT2D eigenvalue weighted by molar-refractivity contribution is 5.74. The third-order valence-corrected chi connectivity index (χ3v) is 5.55. The van der Waals surface area contributed by atoms with Crippen LogP contribution in [0.5, 0.6) is 0 Å². The molecule has 1 saturated heterocycles. The average molecular weight is 348 g/mol. The third-order valence-electron chi connectivity index (χ3n) is 5.55. The number of nitrogens with one attached hydrogen (secondary N) is 1. The van der Waals surface area contributed by atoms with Crippen LogP contribution in [0.2, 0.25) is 0 Å². The molecule has 1 aromatic rings. The summed E-state index contributed by atoms with van der Waals surface area (Å²) in [6.45, 7) is 10.2. The molecule has 6 heteroatoms. The lowest BCUT2D eigenvalue weighted by molar-refractivity contribution is -0.0156. The van der Waals surface area contributed by atoms with E-state index in [1.54, 1.807) is 0 Å². The Bertz CT molecular complexity index is 584. The first-order valence-electron chi connectivity index (χ1n) is 9.63. The minimum Gasteiger partial charge on any atom is -0.370 e. The van der Waals surface area contributed by atoms with Crippen LogP contribution in [-0.2, 0) is 11.3 Å². The van der Waals surface area contributed by atoms with Crippen molar-refractivity contribution in [1.29, 1.82) is 0 Å². The Morgan fingerprint density at radius 1 is 1.48 bits per heavy atom. The third kappa shape index (κ3) is 4.75. The molecular formula is C19H32N4O2. The lowest BCUT2D eigenvalue weighted by Gasteiger charge is -2.36. The molecular weight excluding hydrogens is 316 g/mol. The maximum Gasteiger partial charge on any atom is 0.317 e. The zero-order chi connectivity index (χ0) is 17.9. The van der Waals surface area contributed by atoms with Gasteiger partial charge in [-0.15, -0.1) is 0 Å². The zero-order valence-corrected chi connectivity index (χ0v) is 15.8. The molecule has 2 unspecified atom stereocenters. The van der Waals surface area contributed by atoms with E-state index in [4.69, 9.17) is 4.74 Å². The maximum absolute atomic E-state index is 12.6. The van der Waals surface area contributed by atoms with Crippen molar-refractivity contribution < 1.29 is 9.53 Å². The lowest BCUT2D eigenvalue weighted by Crippen LogP contribution is -2.48. The van der Waals surface area contributed by atoms with E-state index in [9.17, 15) is 4.79 Å². The topological polar surface area (TPSA) is 59.4 Å². The molecule has 0 spiro atoms. The van der Waals surface area contributed by atoms with Gasteiger partial charge in [0.15, 0.2) is 0 Å². The lowest BCUT2D eigenvalue weighted by atomic mass is 9.72. The van der Waals surface area contributed by atoms with E-state index in [1.165, 1.54) is 25.7 Å². The molecule has 2 atom stereocenters. The number of hydrogen-bond acceptors (Lipinski definition) is 3. The highest BCUT2D eigenvalue weighted by Crippen LogP contribution is 2.38. The monoisotopic (exact) mass is 348 g/mol. The van der Waals surface area contributed by atoms with Gasteiger partial charge in [0.1, 0.15) is 6.10 Å². The number of nitrogens with zero attached hydrogens (tertiary/aromatic N) is 3. The maximum atomic E-state index is 12.6. The second-order valence-electron chi connectivity index (χ2n) is 8.25. The zero-order valence-electron chi connectivity index (χ0n) is 15.8. The average Bonchev–Trinajstić information content (AvgIpc) is 3.08. The summed E-state index contributed by atoms with van der Waals surface area (Å²) in [7, 11) is 0. The summed E-state index contributed by atoms with van der Waals surface area (Å²) in [5.41, 5.74) is 1.46. The molecule has 140 valence electrons. The molecule has 2 amide bonds. The first-order chi connectivity index (χ1) is 12.0. The Balaban J connectivity index is 1.50. The molecule has 0 radical (unpaired) electrons. The largest absolute Gasteiger partial charge is 0.370 e. The number of rotatable bonds is 4. The molecule has 1 aliphatic heterocycles. The Morgan fingerprint density at radius 3 is 3.04 bits per heavy atom. The molecule has 0 aromatic carbocycles. The molecule has 1 saturated carbocycles. The summed E-state index contributed by atoms with van der Waals surface area (Å²) in [5, 5.41) is 7.47. The molecule has 1 N–H and O–H groups in total. The van der Waals surface area contributed by atoms with E-state index in [-0.39, 0.29) is 12.1 Å². The van der Waals surface area contributed by atoms with Gasteiger partial charge < -0.3 is 15.0 Å². The van der Waals surface area contributed by atoms with Crippen LogP contribution in [0.3, 0.4) is 0 Å². The SMILES string of the molecule is CCn1cc(C2CN(C(=O)NCC3CCCC(C)(C)C3)CCO2)cn1. The van der Waals surface area contributed by atoms with Gasteiger partial charge in [0.25, 0.3) is 0 Å². The van der Waals surface area contributed by atoms with Gasteiger partial charge in [0.2, 0.25) is 0 Å². The van der Waals surface area contributed by atoms with Crippen molar-refractivity contribution in [1.82, 2.24) is 20.0 Å². The molecule has 3 rings (SSSR count). The predicted molar refractivity (Wildman–Crippen MR) is 97.3 cm³/mol. The summed E-state index contributed by atoms with van der Waals surface area (Å²) in [6.07, 6.45) is 8.78. The molecule has 1 aliphatic carbocycles. The number of morpholine rings is 1. The van der Waals surface area contributed by atoms with Crippen molar-refractivity contribution in [2.45, 2.75) is 59.1 Å². The quantitative estimate of drug-likeness (QED) is 0.909. The van der Waals surface area contributed by atoms with E-state index < -0.39 is 0 Å². The van der Waals surface area contributed by atoms with Gasteiger partial charge in [-0.2, -0.15) is 5.10 Å². The van der Waals surface area contributed by atoms with Gasteiger partial charge >= 0.3 is 6.03 Å². The molecule has 0 bridgehead atoms. The Labute approximate surface area is 150 Å². The van der Waals surface area contributed by atoms with Crippen molar-refractivity contribution in [2.75, 3.05) is 26.2 Å². The standard InChI is InChI=1S/C19H32N4O2/c1-4-23-13-16(12-21-23)17-14-22(8-9-25-17)18(24)20-11-15-6-5-7-19(2,3)10-15/h12-13,15,17H,4-11,14H2,1-3H3,(H,20,24). The van der Waals surface area contributed by atoms with E-state index in [0.717, 1.165) is 18.7 Å². The van der Waals surface area contributed by atoms with Gasteiger partial charge in [-0.1, -0.05) is 20.3 Å². The number of ether oxygens (including phenoxy) is 1. The number of carbonyl (C=O) groups is 1. The fourth-order valence-electron chi connectivity index (χ4n) is 4.13. The Kier molecular flexibility index (Phi) is 5.67. The first-order valence-corrected chi connectivity index (χ1v) is 9.63. The van der Waals surface area contributed by atoms with Crippen molar-refractivity contribution >= 4 is 6.03 Å². The second kappa shape index (κ2) is 7.77. The molecule has 2 aliphatic rings. The van der Waals surface area contributed by atoms with Gasteiger partial charge in [-0.05, 0) is 37.5 Å². The van der Waals surface area contributed by atoms with Crippen LogP contribution in [0.25, 0.3) is 0 Å². The van der Waals surface area contributed by atoms with Crippen LogP contribution in [0, 0.1) is 11.3 Å². The van der Waals surface area contributed by atoms with Gasteiger partial charge in [-0.25, -0.2) is 4.79 Å². The highest BCUT2D eigenvalue weighted by atomic mass is 16.5. The van der Waals surface area contributed by atoms with Crippen LogP contribution in [-0.4, -0.2) is 47.0 Å². The van der Waals surface area contributed by atoms with E-state index in [0.29, 0.717) is 31.0 Å². The smallest absolute Gasteiger partial charge is 0.317 e.